The number of methoxy groups -OCH3 is 2. The zero-order chi connectivity index (χ0) is 21.5. The molecule has 0 unspecified atom stereocenters. The molecule has 0 radical (unpaired) electrons. The third-order valence-electron chi connectivity index (χ3n) is 6.36. The van der Waals surface area contributed by atoms with E-state index in [2.05, 4.69) is 4.57 Å². The van der Waals surface area contributed by atoms with Crippen LogP contribution >= 0.6 is 0 Å². The lowest BCUT2D eigenvalue weighted by atomic mass is 10.0. The second-order valence-corrected chi connectivity index (χ2v) is 8.34. The number of hydrogen-bond acceptors (Lipinski definition) is 4. The number of benzene rings is 2. The molecule has 7 heteroatoms. The molecule has 2 aromatic carbocycles. The number of ether oxygens (including phenoxy) is 2. The summed E-state index contributed by atoms with van der Waals surface area (Å²) in [6.07, 6.45) is 3.75. The molecule has 5 rings (SSSR count). The SMILES string of the molecule is COc1ccc(-c2nc3cc(F)ccc3n2C2CCN(C(=O)C3CC3)CC2)cc1OC. The van der Waals surface area contributed by atoms with Crippen molar-refractivity contribution >= 4 is 16.9 Å². The van der Waals surface area contributed by atoms with Gasteiger partial charge in [-0.3, -0.25) is 4.79 Å². The van der Waals surface area contributed by atoms with Crippen molar-refractivity contribution in [2.24, 2.45) is 5.92 Å². The van der Waals surface area contributed by atoms with E-state index < -0.39 is 0 Å². The van der Waals surface area contributed by atoms with Gasteiger partial charge < -0.3 is 18.9 Å². The van der Waals surface area contributed by atoms with Crippen molar-refractivity contribution in [2.45, 2.75) is 31.7 Å². The first kappa shape index (κ1) is 19.8. The van der Waals surface area contributed by atoms with E-state index in [1.54, 1.807) is 20.3 Å². The van der Waals surface area contributed by atoms with Crippen LogP contribution in [0.2, 0.25) is 0 Å². The molecule has 2 heterocycles. The second-order valence-electron chi connectivity index (χ2n) is 8.34. The summed E-state index contributed by atoms with van der Waals surface area (Å²) >= 11 is 0. The standard InChI is InChI=1S/C24H26FN3O3/c1-30-21-8-5-16(13-22(21)31-2)23-26-19-14-17(25)6-7-20(19)28(23)18-9-11-27(12-10-18)24(29)15-3-4-15/h5-8,13-15,18H,3-4,9-12H2,1-2H3. The Morgan fingerprint density at radius 2 is 1.74 bits per heavy atom. The molecule has 31 heavy (non-hydrogen) atoms. The van der Waals surface area contributed by atoms with Crippen LogP contribution in [0.5, 0.6) is 11.5 Å². The molecule has 1 aromatic heterocycles. The van der Waals surface area contributed by atoms with Gasteiger partial charge in [0.1, 0.15) is 11.6 Å². The Morgan fingerprint density at radius 1 is 1.00 bits per heavy atom. The van der Waals surface area contributed by atoms with Crippen LogP contribution in [0.3, 0.4) is 0 Å². The number of halogens is 1. The van der Waals surface area contributed by atoms with Crippen LogP contribution in [0.15, 0.2) is 36.4 Å². The first-order valence-corrected chi connectivity index (χ1v) is 10.8. The Hall–Kier alpha value is -3.09. The van der Waals surface area contributed by atoms with Crippen molar-refractivity contribution in [3.8, 4) is 22.9 Å². The van der Waals surface area contributed by atoms with Gasteiger partial charge in [0, 0.05) is 36.7 Å². The van der Waals surface area contributed by atoms with Gasteiger partial charge in [-0.05, 0) is 56.0 Å². The monoisotopic (exact) mass is 423 g/mol. The molecule has 0 spiro atoms. The van der Waals surface area contributed by atoms with Gasteiger partial charge >= 0.3 is 0 Å². The summed E-state index contributed by atoms with van der Waals surface area (Å²) in [7, 11) is 3.21. The number of imidazole rings is 1. The van der Waals surface area contributed by atoms with Crippen LogP contribution in [0.1, 0.15) is 31.7 Å². The van der Waals surface area contributed by atoms with Gasteiger partial charge in [-0.15, -0.1) is 0 Å². The molecule has 0 bridgehead atoms. The number of carbonyl (C=O) groups excluding carboxylic acids is 1. The van der Waals surface area contributed by atoms with E-state index in [-0.39, 0.29) is 17.8 Å². The summed E-state index contributed by atoms with van der Waals surface area (Å²) in [5.41, 5.74) is 2.41. The predicted molar refractivity (Wildman–Crippen MR) is 116 cm³/mol. The molecule has 2 fully saturated rings. The maximum Gasteiger partial charge on any atom is 0.225 e. The molecular formula is C24H26FN3O3. The summed E-state index contributed by atoms with van der Waals surface area (Å²) < 4.78 is 27.0. The van der Waals surface area contributed by atoms with E-state index in [4.69, 9.17) is 14.5 Å². The first-order chi connectivity index (χ1) is 15.1. The fourth-order valence-electron chi connectivity index (χ4n) is 4.55. The van der Waals surface area contributed by atoms with Gasteiger partial charge in [0.25, 0.3) is 0 Å². The Balaban J connectivity index is 1.53. The molecule has 162 valence electrons. The van der Waals surface area contributed by atoms with Gasteiger partial charge in [-0.2, -0.15) is 0 Å². The van der Waals surface area contributed by atoms with E-state index in [9.17, 15) is 9.18 Å². The number of piperidine rings is 1. The topological polar surface area (TPSA) is 56.6 Å². The number of fused-ring (bicyclic) bond motifs is 1. The van der Waals surface area contributed by atoms with Gasteiger partial charge in [-0.25, -0.2) is 9.37 Å². The average Bonchev–Trinajstić information content (AvgIpc) is 3.58. The van der Waals surface area contributed by atoms with E-state index in [0.29, 0.717) is 22.9 Å². The summed E-state index contributed by atoms with van der Waals surface area (Å²) in [6, 6.07) is 10.6. The fraction of sp³-hybridized carbons (Fsp3) is 0.417. The summed E-state index contributed by atoms with van der Waals surface area (Å²) in [6.45, 7) is 1.48. The van der Waals surface area contributed by atoms with Crippen LogP contribution in [0.25, 0.3) is 22.4 Å². The van der Waals surface area contributed by atoms with Gasteiger partial charge in [0.15, 0.2) is 11.5 Å². The molecule has 1 saturated heterocycles. The van der Waals surface area contributed by atoms with Crippen LogP contribution < -0.4 is 9.47 Å². The minimum absolute atomic E-state index is 0.182. The van der Waals surface area contributed by atoms with E-state index in [1.807, 2.05) is 23.1 Å². The fourth-order valence-corrected chi connectivity index (χ4v) is 4.55. The summed E-state index contributed by atoms with van der Waals surface area (Å²) in [5, 5.41) is 0. The zero-order valence-corrected chi connectivity index (χ0v) is 17.8. The Kier molecular flexibility index (Phi) is 5.04. The number of nitrogens with zero attached hydrogens (tertiary/aromatic N) is 3. The van der Waals surface area contributed by atoms with Gasteiger partial charge in [-0.1, -0.05) is 0 Å². The molecule has 6 nitrogen and oxygen atoms in total. The molecule has 0 atom stereocenters. The number of likely N-dealkylation sites (tertiary alicyclic amines) is 1. The van der Waals surface area contributed by atoms with Gasteiger partial charge in [0.2, 0.25) is 5.91 Å². The minimum Gasteiger partial charge on any atom is -0.493 e. The third kappa shape index (κ3) is 3.62. The Morgan fingerprint density at radius 3 is 2.42 bits per heavy atom. The highest BCUT2D eigenvalue weighted by Crippen LogP contribution is 2.38. The lowest BCUT2D eigenvalue weighted by Gasteiger charge is -2.34. The third-order valence-corrected chi connectivity index (χ3v) is 6.36. The van der Waals surface area contributed by atoms with Crippen molar-refractivity contribution in [1.29, 1.82) is 0 Å². The Bertz CT molecular complexity index is 1130. The number of amides is 1. The van der Waals surface area contributed by atoms with Crippen molar-refractivity contribution in [3.63, 3.8) is 0 Å². The predicted octanol–water partition coefficient (Wildman–Crippen LogP) is 4.43. The molecule has 2 aliphatic rings. The van der Waals surface area contributed by atoms with Crippen molar-refractivity contribution in [1.82, 2.24) is 14.5 Å². The second kappa shape index (κ2) is 7.87. The highest BCUT2D eigenvalue weighted by atomic mass is 19.1. The zero-order valence-electron chi connectivity index (χ0n) is 17.8. The van der Waals surface area contributed by atoms with Crippen molar-refractivity contribution in [2.75, 3.05) is 27.3 Å². The maximum atomic E-state index is 13.9. The summed E-state index contributed by atoms with van der Waals surface area (Å²) in [4.78, 5) is 19.3. The average molecular weight is 423 g/mol. The number of hydrogen-bond donors (Lipinski definition) is 0. The smallest absolute Gasteiger partial charge is 0.225 e. The number of aromatic nitrogens is 2. The van der Waals surface area contributed by atoms with E-state index in [0.717, 1.165) is 55.7 Å². The number of carbonyl (C=O) groups is 1. The first-order valence-electron chi connectivity index (χ1n) is 10.8. The van der Waals surface area contributed by atoms with E-state index in [1.165, 1.54) is 12.1 Å². The largest absolute Gasteiger partial charge is 0.493 e. The lowest BCUT2D eigenvalue weighted by molar-refractivity contribution is -0.133. The minimum atomic E-state index is -0.305. The van der Waals surface area contributed by atoms with Crippen molar-refractivity contribution in [3.05, 3.63) is 42.2 Å². The van der Waals surface area contributed by atoms with Crippen molar-refractivity contribution < 1.29 is 18.7 Å². The Labute approximate surface area is 180 Å². The molecule has 3 aromatic rings. The van der Waals surface area contributed by atoms with Gasteiger partial charge in [0.05, 0.1) is 25.3 Å². The maximum absolute atomic E-state index is 13.9. The summed E-state index contributed by atoms with van der Waals surface area (Å²) in [5.74, 6) is 2.28. The molecule has 1 saturated carbocycles. The van der Waals surface area contributed by atoms with Crippen LogP contribution in [0, 0.1) is 11.7 Å². The van der Waals surface area contributed by atoms with E-state index >= 15 is 0 Å². The molecule has 0 N–H and O–H groups in total. The van der Waals surface area contributed by atoms with Crippen LogP contribution in [-0.2, 0) is 4.79 Å². The normalized spacial score (nSPS) is 17.2. The molecule has 1 aliphatic heterocycles. The number of rotatable bonds is 5. The van der Waals surface area contributed by atoms with Crippen LogP contribution in [0.4, 0.5) is 4.39 Å². The lowest BCUT2D eigenvalue weighted by Crippen LogP contribution is -2.39. The highest BCUT2D eigenvalue weighted by Gasteiger charge is 2.35. The highest BCUT2D eigenvalue weighted by molar-refractivity contribution is 5.82. The molecular weight excluding hydrogens is 397 g/mol. The molecule has 1 aliphatic carbocycles. The quantitative estimate of drug-likeness (QED) is 0.609. The van der Waals surface area contributed by atoms with Crippen LogP contribution in [-0.4, -0.2) is 47.7 Å². The molecule has 1 amide bonds.